The van der Waals surface area contributed by atoms with Crippen LogP contribution < -0.4 is 5.32 Å². The third-order valence-corrected chi connectivity index (χ3v) is 3.04. The van der Waals surface area contributed by atoms with Crippen LogP contribution in [0, 0.1) is 0 Å². The predicted molar refractivity (Wildman–Crippen MR) is 57.2 cm³/mol. The Balaban J connectivity index is 1.93. The smallest absolute Gasteiger partial charge is 0.172 e. The second-order valence-electron chi connectivity index (χ2n) is 3.31. The van der Waals surface area contributed by atoms with Gasteiger partial charge in [-0.1, -0.05) is 11.8 Å². The fourth-order valence-corrected chi connectivity index (χ4v) is 2.12. The number of aliphatic imine (C=N–C) groups is 1. The van der Waals surface area contributed by atoms with Gasteiger partial charge >= 0.3 is 0 Å². The zero-order valence-corrected chi connectivity index (χ0v) is 9.08. The molecule has 0 aromatic carbocycles. The second kappa shape index (κ2) is 4.00. The van der Waals surface area contributed by atoms with Gasteiger partial charge in [0.25, 0.3) is 0 Å². The number of amidine groups is 1. The summed E-state index contributed by atoms with van der Waals surface area (Å²) in [7, 11) is 1.86. The topological polar surface area (TPSA) is 55.1 Å². The molecule has 1 atom stereocenters. The second-order valence-corrected chi connectivity index (χ2v) is 4.32. The third kappa shape index (κ3) is 2.25. The van der Waals surface area contributed by atoms with Crippen LogP contribution in [0.5, 0.6) is 0 Å². The average Bonchev–Trinajstić information content (AvgIpc) is 2.72. The first-order chi connectivity index (χ1) is 6.74. The highest BCUT2D eigenvalue weighted by Crippen LogP contribution is 2.13. The van der Waals surface area contributed by atoms with Gasteiger partial charge in [0.1, 0.15) is 12.9 Å². The molecule has 6 heteroatoms. The summed E-state index contributed by atoms with van der Waals surface area (Å²) in [6.07, 6.45) is 1.69. The summed E-state index contributed by atoms with van der Waals surface area (Å²) < 4.78 is 1.69. The summed E-state index contributed by atoms with van der Waals surface area (Å²) in [5.41, 5.74) is 0. The highest BCUT2D eigenvalue weighted by Gasteiger charge is 2.14. The van der Waals surface area contributed by atoms with Gasteiger partial charge in [-0.2, -0.15) is 5.10 Å². The fraction of sp³-hybridized carbons (Fsp3) is 0.625. The lowest BCUT2D eigenvalue weighted by Gasteiger charge is -1.99. The first kappa shape index (κ1) is 9.51. The first-order valence-electron chi connectivity index (χ1n) is 4.52. The van der Waals surface area contributed by atoms with E-state index in [0.717, 1.165) is 16.7 Å². The summed E-state index contributed by atoms with van der Waals surface area (Å²) in [4.78, 5) is 8.49. The van der Waals surface area contributed by atoms with E-state index >= 15 is 0 Å². The van der Waals surface area contributed by atoms with Crippen LogP contribution in [-0.4, -0.2) is 31.7 Å². The quantitative estimate of drug-likeness (QED) is 0.769. The Labute approximate surface area is 87.0 Å². The molecule has 1 aliphatic heterocycles. The largest absolute Gasteiger partial charge is 0.362 e. The van der Waals surface area contributed by atoms with E-state index in [9.17, 15) is 0 Å². The zero-order valence-electron chi connectivity index (χ0n) is 8.27. The highest BCUT2D eigenvalue weighted by atomic mass is 32.2. The van der Waals surface area contributed by atoms with Crippen molar-refractivity contribution in [3.63, 3.8) is 0 Å². The van der Waals surface area contributed by atoms with Gasteiger partial charge in [0.2, 0.25) is 0 Å². The molecule has 1 N–H and O–H groups in total. The molecule has 1 fully saturated rings. The van der Waals surface area contributed by atoms with Crippen molar-refractivity contribution in [1.29, 1.82) is 0 Å². The third-order valence-electron chi connectivity index (χ3n) is 1.85. The molecule has 76 valence electrons. The molecule has 1 saturated heterocycles. The molecular weight excluding hydrogens is 198 g/mol. The average molecular weight is 211 g/mol. The van der Waals surface area contributed by atoms with Crippen LogP contribution in [0.3, 0.4) is 0 Å². The summed E-state index contributed by atoms with van der Waals surface area (Å²) >= 11 is 1.75. The van der Waals surface area contributed by atoms with Gasteiger partial charge < -0.3 is 5.32 Å². The fourth-order valence-electron chi connectivity index (χ4n) is 1.19. The Kier molecular flexibility index (Phi) is 2.72. The van der Waals surface area contributed by atoms with Crippen molar-refractivity contribution in [2.24, 2.45) is 12.0 Å². The van der Waals surface area contributed by atoms with Crippen molar-refractivity contribution in [2.75, 3.05) is 5.75 Å². The van der Waals surface area contributed by atoms with Crippen molar-refractivity contribution >= 4 is 16.9 Å². The van der Waals surface area contributed by atoms with Crippen LogP contribution >= 0.6 is 11.8 Å². The Morgan fingerprint density at radius 2 is 2.64 bits per heavy atom. The summed E-state index contributed by atoms with van der Waals surface area (Å²) in [6, 6.07) is 0.524. The van der Waals surface area contributed by atoms with E-state index in [2.05, 4.69) is 27.3 Å². The Bertz CT molecular complexity index is 345. The Hall–Kier alpha value is -1.04. The van der Waals surface area contributed by atoms with Crippen molar-refractivity contribution in [1.82, 2.24) is 20.1 Å². The summed E-state index contributed by atoms with van der Waals surface area (Å²) in [5, 5.41) is 8.44. The molecule has 0 radical (unpaired) electrons. The number of aromatic nitrogens is 3. The monoisotopic (exact) mass is 211 g/mol. The summed E-state index contributed by atoms with van der Waals surface area (Å²) in [5.74, 6) is 1.86. The summed E-state index contributed by atoms with van der Waals surface area (Å²) in [6.45, 7) is 2.71. The lowest BCUT2D eigenvalue weighted by atomic mass is 10.4. The van der Waals surface area contributed by atoms with Crippen LogP contribution in [0.15, 0.2) is 11.3 Å². The lowest BCUT2D eigenvalue weighted by molar-refractivity contribution is 0.738. The molecule has 0 aliphatic carbocycles. The zero-order chi connectivity index (χ0) is 9.97. The molecule has 1 aliphatic rings. The molecule has 0 spiro atoms. The molecule has 2 heterocycles. The molecule has 0 amide bonds. The molecule has 14 heavy (non-hydrogen) atoms. The number of hydrogen-bond acceptors (Lipinski definition) is 4. The van der Waals surface area contributed by atoms with Crippen molar-refractivity contribution in [3.8, 4) is 0 Å². The molecule has 5 nitrogen and oxygen atoms in total. The SMILES string of the molecule is CC1CSC(=NCc2ncn(C)n2)N1. The van der Waals surface area contributed by atoms with E-state index in [1.54, 1.807) is 22.8 Å². The van der Waals surface area contributed by atoms with Crippen LogP contribution in [0.4, 0.5) is 0 Å². The number of thioether (sulfide) groups is 1. The van der Waals surface area contributed by atoms with Gasteiger partial charge in [-0.3, -0.25) is 9.67 Å². The van der Waals surface area contributed by atoms with Crippen LogP contribution in [-0.2, 0) is 13.6 Å². The van der Waals surface area contributed by atoms with Crippen molar-refractivity contribution in [2.45, 2.75) is 19.5 Å². The Morgan fingerprint density at radius 3 is 3.21 bits per heavy atom. The molecular formula is C8H13N5S. The van der Waals surface area contributed by atoms with Gasteiger partial charge in [-0.05, 0) is 6.92 Å². The van der Waals surface area contributed by atoms with Crippen LogP contribution in [0.1, 0.15) is 12.7 Å². The van der Waals surface area contributed by atoms with E-state index in [1.807, 2.05) is 7.05 Å². The molecule has 1 aromatic rings. The van der Waals surface area contributed by atoms with Crippen molar-refractivity contribution in [3.05, 3.63) is 12.2 Å². The van der Waals surface area contributed by atoms with E-state index < -0.39 is 0 Å². The molecule has 1 unspecified atom stereocenters. The number of nitrogens with one attached hydrogen (secondary N) is 1. The standard InChI is InChI=1S/C8H13N5S/c1-6-4-14-8(11-6)9-3-7-10-5-13(2)12-7/h5-6H,3-4H2,1-2H3,(H,9,11). The first-order valence-corrected chi connectivity index (χ1v) is 5.51. The van der Waals surface area contributed by atoms with Gasteiger partial charge in [0.05, 0.1) is 0 Å². The maximum atomic E-state index is 4.39. The molecule has 0 saturated carbocycles. The van der Waals surface area contributed by atoms with Crippen molar-refractivity contribution < 1.29 is 0 Å². The molecule has 0 bridgehead atoms. The highest BCUT2D eigenvalue weighted by molar-refractivity contribution is 8.14. The maximum absolute atomic E-state index is 4.39. The number of nitrogens with zero attached hydrogens (tertiary/aromatic N) is 4. The van der Waals surface area contributed by atoms with E-state index in [-0.39, 0.29) is 0 Å². The van der Waals surface area contributed by atoms with Gasteiger partial charge in [-0.15, -0.1) is 0 Å². The predicted octanol–water partition coefficient (Wildman–Crippen LogP) is 0.396. The van der Waals surface area contributed by atoms with Gasteiger partial charge in [0, 0.05) is 18.8 Å². The minimum atomic E-state index is 0.524. The Morgan fingerprint density at radius 1 is 1.79 bits per heavy atom. The lowest BCUT2D eigenvalue weighted by Crippen LogP contribution is -2.23. The normalized spacial score (nSPS) is 24.1. The van der Waals surface area contributed by atoms with Crippen LogP contribution in [0.2, 0.25) is 0 Å². The number of rotatable bonds is 2. The van der Waals surface area contributed by atoms with E-state index in [4.69, 9.17) is 0 Å². The van der Waals surface area contributed by atoms with Gasteiger partial charge in [-0.25, -0.2) is 4.98 Å². The minimum Gasteiger partial charge on any atom is -0.362 e. The molecule has 2 rings (SSSR count). The minimum absolute atomic E-state index is 0.524. The molecule has 1 aromatic heterocycles. The van der Waals surface area contributed by atoms with E-state index in [1.165, 1.54) is 0 Å². The van der Waals surface area contributed by atoms with Gasteiger partial charge in [0.15, 0.2) is 11.0 Å². The number of hydrogen-bond donors (Lipinski definition) is 1. The maximum Gasteiger partial charge on any atom is 0.172 e. The van der Waals surface area contributed by atoms with Crippen LogP contribution in [0.25, 0.3) is 0 Å². The van der Waals surface area contributed by atoms with E-state index in [0.29, 0.717) is 12.6 Å². The number of aryl methyl sites for hydroxylation is 1.